The molecule has 19 heavy (non-hydrogen) atoms. The maximum absolute atomic E-state index is 11.1. The molecule has 0 unspecified atom stereocenters. The quantitative estimate of drug-likeness (QED) is 0.622. The van der Waals surface area contributed by atoms with E-state index in [0.29, 0.717) is 17.7 Å². The highest BCUT2D eigenvalue weighted by Crippen LogP contribution is 2.46. The molecule has 0 spiro atoms. The molecule has 0 N–H and O–H groups in total. The first-order chi connectivity index (χ1) is 8.99. The smallest absolute Gasteiger partial charge is 0.315 e. The molecule has 0 saturated heterocycles. The Balaban J connectivity index is 2.73. The average Bonchev–Trinajstić information content (AvgIpc) is 2.36. The van der Waals surface area contributed by atoms with Gasteiger partial charge in [0, 0.05) is 17.5 Å². The fourth-order valence-electron chi connectivity index (χ4n) is 2.61. The molecule has 1 aromatic carbocycles. The van der Waals surface area contributed by atoms with E-state index >= 15 is 0 Å². The summed E-state index contributed by atoms with van der Waals surface area (Å²) >= 11 is 0. The number of hydrogen-bond donors (Lipinski definition) is 0. The fourth-order valence-corrected chi connectivity index (χ4v) is 2.61. The van der Waals surface area contributed by atoms with Crippen LogP contribution in [0.5, 0.6) is 11.5 Å². The highest BCUT2D eigenvalue weighted by molar-refractivity contribution is 5.62. The molecule has 1 aromatic rings. The van der Waals surface area contributed by atoms with Gasteiger partial charge >= 0.3 is 5.69 Å². The van der Waals surface area contributed by atoms with E-state index in [1.165, 1.54) is 20.3 Å². The van der Waals surface area contributed by atoms with Crippen LogP contribution in [-0.4, -0.2) is 25.2 Å². The van der Waals surface area contributed by atoms with Crippen LogP contribution in [-0.2, 0) is 11.2 Å². The average molecular weight is 267 g/mol. The lowest BCUT2D eigenvalue weighted by Gasteiger charge is -2.30. The van der Waals surface area contributed by atoms with Gasteiger partial charge in [0.2, 0.25) is 5.75 Å². The van der Waals surface area contributed by atoms with Crippen LogP contribution in [0, 0.1) is 10.1 Å². The summed E-state index contributed by atoms with van der Waals surface area (Å²) < 4.78 is 16.2. The Morgan fingerprint density at radius 2 is 2.05 bits per heavy atom. The highest BCUT2D eigenvalue weighted by atomic mass is 16.6. The second kappa shape index (κ2) is 5.05. The van der Waals surface area contributed by atoms with E-state index < -0.39 is 4.92 Å². The molecule has 0 aliphatic carbocycles. The molecule has 2 atom stereocenters. The fraction of sp³-hybridized carbons (Fsp3) is 0.538. The van der Waals surface area contributed by atoms with Crippen molar-refractivity contribution in [3.8, 4) is 11.5 Å². The third-order valence-corrected chi connectivity index (χ3v) is 3.32. The first-order valence-electron chi connectivity index (χ1n) is 6.07. The second-order valence-electron chi connectivity index (χ2n) is 4.57. The van der Waals surface area contributed by atoms with Crippen LogP contribution in [0.1, 0.15) is 31.1 Å². The normalized spacial score (nSPS) is 21.7. The van der Waals surface area contributed by atoms with Gasteiger partial charge in [-0.2, -0.15) is 0 Å². The van der Waals surface area contributed by atoms with Gasteiger partial charge in [0.25, 0.3) is 0 Å². The van der Waals surface area contributed by atoms with Crippen molar-refractivity contribution in [1.29, 1.82) is 0 Å². The van der Waals surface area contributed by atoms with Gasteiger partial charge < -0.3 is 14.2 Å². The Labute approximate surface area is 111 Å². The van der Waals surface area contributed by atoms with Crippen LogP contribution in [0.4, 0.5) is 5.69 Å². The minimum atomic E-state index is -0.466. The maximum Gasteiger partial charge on any atom is 0.315 e. The predicted octanol–water partition coefficient (Wildman–Crippen LogP) is 2.63. The molecule has 6 heteroatoms. The van der Waals surface area contributed by atoms with E-state index in [9.17, 15) is 10.1 Å². The topological polar surface area (TPSA) is 70.8 Å². The summed E-state index contributed by atoms with van der Waals surface area (Å²) in [6.07, 6.45) is 0.432. The van der Waals surface area contributed by atoms with Crippen molar-refractivity contribution < 1.29 is 19.1 Å². The summed E-state index contributed by atoms with van der Waals surface area (Å²) in [6, 6.07) is 1.42. The number of methoxy groups -OCH3 is 2. The standard InChI is InChI=1S/C13H17NO5/c1-7-5-9-11(17-3)6-10(14(15)16)13(18-4)12(9)8(2)19-7/h6-8H,5H2,1-4H3/t7-,8+/m0/s1. The molecular formula is C13H17NO5. The van der Waals surface area contributed by atoms with Crippen molar-refractivity contribution >= 4 is 5.69 Å². The van der Waals surface area contributed by atoms with Crippen molar-refractivity contribution in [2.45, 2.75) is 32.5 Å². The molecule has 1 aliphatic heterocycles. The zero-order valence-electron chi connectivity index (χ0n) is 11.4. The Morgan fingerprint density at radius 3 is 2.58 bits per heavy atom. The zero-order chi connectivity index (χ0) is 14.2. The molecule has 0 saturated carbocycles. The largest absolute Gasteiger partial charge is 0.496 e. The molecular weight excluding hydrogens is 250 g/mol. The zero-order valence-corrected chi connectivity index (χ0v) is 11.4. The molecule has 2 rings (SSSR count). The number of rotatable bonds is 3. The number of nitro groups is 1. The van der Waals surface area contributed by atoms with Crippen LogP contribution in [0.2, 0.25) is 0 Å². The van der Waals surface area contributed by atoms with Gasteiger partial charge in [-0.15, -0.1) is 0 Å². The summed E-state index contributed by atoms with van der Waals surface area (Å²) in [5.74, 6) is 0.782. The lowest BCUT2D eigenvalue weighted by molar-refractivity contribution is -0.386. The van der Waals surface area contributed by atoms with Crippen molar-refractivity contribution in [2.75, 3.05) is 14.2 Å². The van der Waals surface area contributed by atoms with Crippen LogP contribution >= 0.6 is 0 Å². The molecule has 0 radical (unpaired) electrons. The molecule has 104 valence electrons. The van der Waals surface area contributed by atoms with Crippen molar-refractivity contribution in [1.82, 2.24) is 0 Å². The Hall–Kier alpha value is -1.82. The third kappa shape index (κ3) is 2.23. The number of fused-ring (bicyclic) bond motifs is 1. The number of benzene rings is 1. The molecule has 0 amide bonds. The van der Waals surface area contributed by atoms with Gasteiger partial charge in [-0.3, -0.25) is 10.1 Å². The van der Waals surface area contributed by atoms with E-state index in [2.05, 4.69) is 0 Å². The first-order valence-corrected chi connectivity index (χ1v) is 6.07. The molecule has 1 aliphatic rings. The maximum atomic E-state index is 11.1. The molecule has 1 heterocycles. The van der Waals surface area contributed by atoms with Crippen molar-refractivity contribution in [3.05, 3.63) is 27.3 Å². The number of hydrogen-bond acceptors (Lipinski definition) is 5. The molecule has 0 aromatic heterocycles. The van der Waals surface area contributed by atoms with Crippen LogP contribution in [0.3, 0.4) is 0 Å². The van der Waals surface area contributed by atoms with Crippen molar-refractivity contribution in [3.63, 3.8) is 0 Å². The monoisotopic (exact) mass is 267 g/mol. The van der Waals surface area contributed by atoms with Crippen molar-refractivity contribution in [2.24, 2.45) is 0 Å². The highest BCUT2D eigenvalue weighted by Gasteiger charge is 2.33. The molecule has 0 bridgehead atoms. The van der Waals surface area contributed by atoms with E-state index in [-0.39, 0.29) is 23.6 Å². The molecule has 0 fully saturated rings. The van der Waals surface area contributed by atoms with Gasteiger partial charge in [-0.05, 0) is 13.8 Å². The SMILES string of the molecule is COc1cc([N+](=O)[O-])c(OC)c2c1C[C@H](C)O[C@@H]2C. The van der Waals surface area contributed by atoms with Gasteiger partial charge in [0.1, 0.15) is 5.75 Å². The lowest BCUT2D eigenvalue weighted by atomic mass is 9.92. The number of ether oxygens (including phenoxy) is 3. The summed E-state index contributed by atoms with van der Waals surface area (Å²) in [5, 5.41) is 11.1. The summed E-state index contributed by atoms with van der Waals surface area (Å²) in [5.41, 5.74) is 1.55. The predicted molar refractivity (Wildman–Crippen MR) is 68.9 cm³/mol. The summed E-state index contributed by atoms with van der Waals surface area (Å²) in [4.78, 5) is 10.7. The Morgan fingerprint density at radius 1 is 1.37 bits per heavy atom. The van der Waals surface area contributed by atoms with E-state index in [1.54, 1.807) is 0 Å². The van der Waals surface area contributed by atoms with Gasteiger partial charge in [0.05, 0.1) is 37.4 Å². The lowest BCUT2D eigenvalue weighted by Crippen LogP contribution is -2.23. The van der Waals surface area contributed by atoms with E-state index in [4.69, 9.17) is 14.2 Å². The first kappa shape index (κ1) is 13.6. The second-order valence-corrected chi connectivity index (χ2v) is 4.57. The summed E-state index contributed by atoms with van der Waals surface area (Å²) in [6.45, 7) is 3.83. The van der Waals surface area contributed by atoms with Gasteiger partial charge in [-0.25, -0.2) is 0 Å². The Kier molecular flexibility index (Phi) is 3.61. The van der Waals surface area contributed by atoms with E-state index in [1.807, 2.05) is 13.8 Å². The van der Waals surface area contributed by atoms with Gasteiger partial charge in [0.15, 0.2) is 0 Å². The third-order valence-electron chi connectivity index (χ3n) is 3.32. The van der Waals surface area contributed by atoms with Crippen LogP contribution < -0.4 is 9.47 Å². The number of nitrogens with zero attached hydrogens (tertiary/aromatic N) is 1. The van der Waals surface area contributed by atoms with Gasteiger partial charge in [-0.1, -0.05) is 0 Å². The minimum Gasteiger partial charge on any atom is -0.496 e. The Bertz CT molecular complexity index is 514. The molecule has 6 nitrogen and oxygen atoms in total. The van der Waals surface area contributed by atoms with Crippen LogP contribution in [0.25, 0.3) is 0 Å². The minimum absolute atomic E-state index is 0.0440. The number of nitro benzene ring substituents is 1. The van der Waals surface area contributed by atoms with E-state index in [0.717, 1.165) is 5.56 Å². The summed E-state index contributed by atoms with van der Waals surface area (Å²) in [7, 11) is 2.94. The van der Waals surface area contributed by atoms with Crippen LogP contribution in [0.15, 0.2) is 6.07 Å².